The Morgan fingerprint density at radius 1 is 1.69 bits per heavy atom. The van der Waals surface area contributed by atoms with Gasteiger partial charge in [0, 0.05) is 11.1 Å². The summed E-state index contributed by atoms with van der Waals surface area (Å²) < 4.78 is 0. The van der Waals surface area contributed by atoms with Crippen molar-refractivity contribution < 1.29 is 9.90 Å². The SMILES string of the molecule is Cc1cc(CO)c2c(N=N)c(C=O)sc2n1. The summed E-state index contributed by atoms with van der Waals surface area (Å²) in [5, 5.41) is 13.2. The van der Waals surface area contributed by atoms with Crippen LogP contribution < -0.4 is 0 Å². The molecule has 0 amide bonds. The van der Waals surface area contributed by atoms with Gasteiger partial charge in [-0.05, 0) is 18.6 Å². The fraction of sp³-hybridized carbons (Fsp3) is 0.200. The molecule has 2 aromatic heterocycles. The number of nitrogens with zero attached hydrogens (tertiary/aromatic N) is 2. The Hall–Kier alpha value is -1.66. The first kappa shape index (κ1) is 10.8. The van der Waals surface area contributed by atoms with Gasteiger partial charge in [0.2, 0.25) is 0 Å². The standard InChI is InChI=1S/C10H9N3O2S/c1-5-2-6(3-14)8-9(13-11)7(4-15)16-10(8)12-5/h2,4,11,14H,3H2,1H3. The molecule has 0 radical (unpaired) electrons. The highest BCUT2D eigenvalue weighted by molar-refractivity contribution is 7.20. The molecule has 0 aromatic carbocycles. The summed E-state index contributed by atoms with van der Waals surface area (Å²) in [6.45, 7) is 1.66. The monoisotopic (exact) mass is 235 g/mol. The van der Waals surface area contributed by atoms with E-state index in [1.54, 1.807) is 6.07 Å². The number of hydrogen-bond donors (Lipinski definition) is 2. The molecule has 0 atom stereocenters. The van der Waals surface area contributed by atoms with Gasteiger partial charge in [0.25, 0.3) is 0 Å². The number of aromatic nitrogens is 1. The average molecular weight is 235 g/mol. The van der Waals surface area contributed by atoms with E-state index in [4.69, 9.17) is 5.53 Å². The predicted molar refractivity (Wildman–Crippen MR) is 60.5 cm³/mol. The normalized spacial score (nSPS) is 10.6. The quantitative estimate of drug-likeness (QED) is 0.633. The molecule has 2 aromatic rings. The molecule has 2 N–H and O–H groups in total. The van der Waals surface area contributed by atoms with Crippen LogP contribution in [0.25, 0.3) is 10.2 Å². The van der Waals surface area contributed by atoms with Gasteiger partial charge < -0.3 is 5.11 Å². The van der Waals surface area contributed by atoms with Gasteiger partial charge in [0.1, 0.15) is 10.5 Å². The number of hydrogen-bond acceptors (Lipinski definition) is 6. The maximum absolute atomic E-state index is 10.8. The van der Waals surface area contributed by atoms with Gasteiger partial charge in [0.15, 0.2) is 6.29 Å². The van der Waals surface area contributed by atoms with Crippen LogP contribution in [0.3, 0.4) is 0 Å². The molecule has 0 saturated carbocycles. The van der Waals surface area contributed by atoms with Crippen molar-refractivity contribution in [3.8, 4) is 0 Å². The molecule has 0 spiro atoms. The van der Waals surface area contributed by atoms with Crippen molar-refractivity contribution in [2.75, 3.05) is 0 Å². The highest BCUT2D eigenvalue weighted by Gasteiger charge is 2.16. The van der Waals surface area contributed by atoms with Crippen molar-refractivity contribution in [1.82, 2.24) is 4.98 Å². The van der Waals surface area contributed by atoms with E-state index in [-0.39, 0.29) is 6.61 Å². The number of nitrogens with one attached hydrogen (secondary N) is 1. The third kappa shape index (κ3) is 1.52. The molecule has 82 valence electrons. The molecule has 16 heavy (non-hydrogen) atoms. The first-order chi connectivity index (χ1) is 7.71. The van der Waals surface area contributed by atoms with Crippen molar-refractivity contribution >= 4 is 33.5 Å². The first-order valence-electron chi connectivity index (χ1n) is 4.57. The fourth-order valence-electron chi connectivity index (χ4n) is 1.63. The lowest BCUT2D eigenvalue weighted by Crippen LogP contribution is -1.89. The number of rotatable bonds is 3. The maximum atomic E-state index is 10.8. The molecule has 0 fully saturated rings. The Morgan fingerprint density at radius 2 is 2.44 bits per heavy atom. The molecule has 6 heteroatoms. The zero-order valence-corrected chi connectivity index (χ0v) is 9.34. The molecule has 0 saturated heterocycles. The van der Waals surface area contributed by atoms with Crippen LogP contribution in [-0.2, 0) is 6.61 Å². The summed E-state index contributed by atoms with van der Waals surface area (Å²) in [6.07, 6.45) is 0.663. The molecule has 2 heterocycles. The Kier molecular flexibility index (Phi) is 2.76. The van der Waals surface area contributed by atoms with Crippen molar-refractivity contribution in [2.24, 2.45) is 5.11 Å². The highest BCUT2D eigenvalue weighted by atomic mass is 32.1. The van der Waals surface area contributed by atoms with Crippen LogP contribution in [0.4, 0.5) is 5.69 Å². The average Bonchev–Trinajstić information content (AvgIpc) is 2.65. The molecule has 0 unspecified atom stereocenters. The van der Waals surface area contributed by atoms with Crippen LogP contribution in [0.2, 0.25) is 0 Å². The van der Waals surface area contributed by atoms with Crippen LogP contribution in [0, 0.1) is 12.5 Å². The second kappa shape index (κ2) is 4.07. The number of carbonyl (C=O) groups excluding carboxylic acids is 1. The van der Waals surface area contributed by atoms with Crippen LogP contribution in [0.1, 0.15) is 20.9 Å². The number of aliphatic hydroxyl groups is 1. The Balaban J connectivity index is 2.92. The van der Waals surface area contributed by atoms with E-state index in [1.807, 2.05) is 6.92 Å². The van der Waals surface area contributed by atoms with Gasteiger partial charge in [0.05, 0.1) is 11.5 Å². The van der Waals surface area contributed by atoms with Crippen molar-refractivity contribution in [3.63, 3.8) is 0 Å². The molecule has 5 nitrogen and oxygen atoms in total. The largest absolute Gasteiger partial charge is 0.392 e. The number of fused-ring (bicyclic) bond motifs is 1. The van der Waals surface area contributed by atoms with E-state index in [2.05, 4.69) is 10.1 Å². The molecular formula is C10H9N3O2S. The first-order valence-corrected chi connectivity index (χ1v) is 5.39. The number of aryl methyl sites for hydroxylation is 1. The maximum Gasteiger partial charge on any atom is 0.162 e. The third-order valence-corrected chi connectivity index (χ3v) is 3.26. The Labute approximate surface area is 95.3 Å². The molecule has 2 rings (SSSR count). The Bertz CT molecular complexity index is 577. The van der Waals surface area contributed by atoms with Crippen molar-refractivity contribution in [2.45, 2.75) is 13.5 Å². The zero-order chi connectivity index (χ0) is 11.7. The lowest BCUT2D eigenvalue weighted by Gasteiger charge is -2.01. The number of thiophene rings is 1. The van der Waals surface area contributed by atoms with E-state index < -0.39 is 0 Å². The predicted octanol–water partition coefficient (Wildman–Crippen LogP) is 2.57. The van der Waals surface area contributed by atoms with Gasteiger partial charge in [-0.2, -0.15) is 5.11 Å². The molecule has 0 aliphatic carbocycles. The molecule has 0 aliphatic heterocycles. The summed E-state index contributed by atoms with van der Waals surface area (Å²) in [7, 11) is 0. The second-order valence-electron chi connectivity index (χ2n) is 3.31. The molecule has 0 aliphatic rings. The van der Waals surface area contributed by atoms with E-state index in [0.717, 1.165) is 5.69 Å². The summed E-state index contributed by atoms with van der Waals surface area (Å²) in [5.74, 6) is 0. The Morgan fingerprint density at radius 3 is 3.00 bits per heavy atom. The van der Waals surface area contributed by atoms with Crippen molar-refractivity contribution in [1.29, 1.82) is 5.53 Å². The lowest BCUT2D eigenvalue weighted by molar-refractivity contribution is 0.112. The van der Waals surface area contributed by atoms with Gasteiger partial charge >= 0.3 is 0 Å². The number of carbonyl (C=O) groups is 1. The van der Waals surface area contributed by atoms with E-state index >= 15 is 0 Å². The lowest BCUT2D eigenvalue weighted by atomic mass is 10.1. The van der Waals surface area contributed by atoms with Crippen LogP contribution in [0.15, 0.2) is 11.2 Å². The second-order valence-corrected chi connectivity index (χ2v) is 4.34. The third-order valence-electron chi connectivity index (χ3n) is 2.26. The number of pyridine rings is 1. The van der Waals surface area contributed by atoms with Crippen LogP contribution in [0.5, 0.6) is 0 Å². The highest BCUT2D eigenvalue weighted by Crippen LogP contribution is 2.38. The topological polar surface area (TPSA) is 86.4 Å². The van der Waals surface area contributed by atoms with Gasteiger partial charge in [-0.1, -0.05) is 0 Å². The van der Waals surface area contributed by atoms with Crippen LogP contribution in [-0.4, -0.2) is 16.4 Å². The fourth-order valence-corrected chi connectivity index (χ4v) is 2.65. The van der Waals surface area contributed by atoms with Crippen LogP contribution >= 0.6 is 11.3 Å². The van der Waals surface area contributed by atoms with E-state index in [9.17, 15) is 9.90 Å². The summed E-state index contributed by atoms with van der Waals surface area (Å²) >= 11 is 1.19. The molecular weight excluding hydrogens is 226 g/mol. The summed E-state index contributed by atoms with van der Waals surface area (Å²) in [5.41, 5.74) is 8.79. The summed E-state index contributed by atoms with van der Waals surface area (Å²) in [4.78, 5) is 16.1. The van der Waals surface area contributed by atoms with Gasteiger partial charge in [-0.25, -0.2) is 10.5 Å². The smallest absolute Gasteiger partial charge is 0.162 e. The number of aldehydes is 1. The minimum absolute atomic E-state index is 0.155. The minimum atomic E-state index is -0.155. The minimum Gasteiger partial charge on any atom is -0.392 e. The van der Waals surface area contributed by atoms with Crippen molar-refractivity contribution in [3.05, 3.63) is 22.2 Å². The van der Waals surface area contributed by atoms with E-state index in [0.29, 0.717) is 32.6 Å². The number of aliphatic hydroxyl groups excluding tert-OH is 1. The van der Waals surface area contributed by atoms with Gasteiger partial charge in [-0.3, -0.25) is 4.79 Å². The summed E-state index contributed by atoms with van der Waals surface area (Å²) in [6, 6.07) is 1.73. The zero-order valence-electron chi connectivity index (χ0n) is 8.52. The van der Waals surface area contributed by atoms with Gasteiger partial charge in [-0.15, -0.1) is 11.3 Å². The molecule has 0 bridgehead atoms. The van der Waals surface area contributed by atoms with E-state index in [1.165, 1.54) is 11.3 Å².